The van der Waals surface area contributed by atoms with Crippen molar-refractivity contribution in [1.82, 2.24) is 14.5 Å². The fourth-order valence-corrected chi connectivity index (χ4v) is 4.14. The highest BCUT2D eigenvalue weighted by atomic mass is 16.5. The maximum Gasteiger partial charge on any atom is 0.374 e. The Morgan fingerprint density at radius 3 is 2.93 bits per heavy atom. The molecule has 3 heterocycles. The third-order valence-electron chi connectivity index (χ3n) is 5.83. The topological polar surface area (TPSA) is 87.8 Å². The van der Waals surface area contributed by atoms with Crippen molar-refractivity contribution in [2.45, 2.75) is 51.0 Å². The lowest BCUT2D eigenvalue weighted by molar-refractivity contribution is -0.0633. The Hall–Kier alpha value is -2.66. The van der Waals surface area contributed by atoms with E-state index in [1.54, 1.807) is 18.9 Å². The molecule has 1 unspecified atom stereocenters. The number of hydrogen-bond donors (Lipinski definition) is 2. The van der Waals surface area contributed by atoms with Crippen molar-refractivity contribution in [3.05, 3.63) is 41.3 Å². The first kappa shape index (κ1) is 20.6. The molecule has 2 aliphatic rings. The van der Waals surface area contributed by atoms with Crippen LogP contribution in [0.4, 0.5) is 0 Å². The van der Waals surface area contributed by atoms with Gasteiger partial charge >= 0.3 is 5.97 Å². The lowest BCUT2D eigenvalue weighted by Gasteiger charge is -2.22. The number of aliphatic hydroxyl groups is 2. The van der Waals surface area contributed by atoms with Gasteiger partial charge in [0.05, 0.1) is 12.3 Å². The summed E-state index contributed by atoms with van der Waals surface area (Å²) in [6.45, 7) is 3.44. The van der Waals surface area contributed by atoms with Gasteiger partial charge in [0.25, 0.3) is 0 Å². The van der Waals surface area contributed by atoms with Crippen LogP contribution in [0.2, 0.25) is 0 Å². The number of imidazole rings is 1. The van der Waals surface area contributed by atoms with Crippen LogP contribution in [-0.4, -0.2) is 62.7 Å². The summed E-state index contributed by atoms with van der Waals surface area (Å²) in [6, 6.07) is 7.61. The number of fused-ring (bicyclic) bond motifs is 1. The highest BCUT2D eigenvalue weighted by molar-refractivity contribution is 5.87. The number of likely N-dealkylation sites (tertiary alicyclic amines) is 1. The van der Waals surface area contributed by atoms with Crippen molar-refractivity contribution in [3.63, 3.8) is 0 Å². The number of esters is 1. The molecule has 2 aromatic rings. The lowest BCUT2D eigenvalue weighted by atomic mass is 10.00. The SMILES string of the molecule is CCOC(=O)c1nc(-c2cccc(C#C[C@]3(O)CCN(C)C3O)c2)c2n1CCCC2. The van der Waals surface area contributed by atoms with Crippen LogP contribution in [-0.2, 0) is 17.7 Å². The Labute approximate surface area is 176 Å². The standard InChI is InChI=1S/C23H27N3O4/c1-3-30-21(27)20-24-19(18-9-4-5-13-26(18)20)17-8-6-7-16(15-17)10-11-23(29)12-14-25(2)22(23)28/h6-8,15,22,28-29H,3-5,9,12-14H2,1-2H3/t22?,23-/m0/s1. The van der Waals surface area contributed by atoms with Crippen molar-refractivity contribution in [2.75, 3.05) is 20.2 Å². The average molecular weight is 409 g/mol. The van der Waals surface area contributed by atoms with Gasteiger partial charge in [-0.2, -0.15) is 0 Å². The van der Waals surface area contributed by atoms with Crippen LogP contribution in [0.1, 0.15) is 48.1 Å². The van der Waals surface area contributed by atoms with E-state index >= 15 is 0 Å². The third-order valence-corrected chi connectivity index (χ3v) is 5.83. The quantitative estimate of drug-likeness (QED) is 0.594. The van der Waals surface area contributed by atoms with Gasteiger partial charge in [0.1, 0.15) is 6.23 Å². The number of ether oxygens (including phenoxy) is 1. The molecule has 1 aromatic heterocycles. The van der Waals surface area contributed by atoms with Gasteiger partial charge in [0.2, 0.25) is 5.82 Å². The minimum absolute atomic E-state index is 0.311. The molecule has 2 aliphatic heterocycles. The summed E-state index contributed by atoms with van der Waals surface area (Å²) in [6.07, 6.45) is 2.32. The predicted molar refractivity (Wildman–Crippen MR) is 112 cm³/mol. The number of aliphatic hydroxyl groups excluding tert-OH is 1. The van der Waals surface area contributed by atoms with Gasteiger partial charge in [-0.15, -0.1) is 0 Å². The van der Waals surface area contributed by atoms with Crippen LogP contribution < -0.4 is 0 Å². The maximum atomic E-state index is 12.4. The highest BCUT2D eigenvalue weighted by Crippen LogP contribution is 2.30. The minimum atomic E-state index is -1.44. The van der Waals surface area contributed by atoms with E-state index in [0.717, 1.165) is 48.3 Å². The molecular weight excluding hydrogens is 382 g/mol. The molecule has 1 fully saturated rings. The molecule has 1 saturated heterocycles. The molecule has 0 amide bonds. The van der Waals surface area contributed by atoms with Gasteiger partial charge in [-0.1, -0.05) is 24.0 Å². The molecule has 7 heteroatoms. The molecule has 0 saturated carbocycles. The first-order valence-corrected chi connectivity index (χ1v) is 10.4. The smallest absolute Gasteiger partial charge is 0.374 e. The second-order valence-corrected chi connectivity index (χ2v) is 7.92. The number of carbonyl (C=O) groups excluding carboxylic acids is 1. The number of aromatic nitrogens is 2. The van der Waals surface area contributed by atoms with E-state index in [1.807, 2.05) is 28.8 Å². The highest BCUT2D eigenvalue weighted by Gasteiger charge is 2.42. The summed E-state index contributed by atoms with van der Waals surface area (Å²) in [5.74, 6) is 5.81. The molecule has 158 valence electrons. The molecule has 4 rings (SSSR count). The van der Waals surface area contributed by atoms with E-state index in [2.05, 4.69) is 16.8 Å². The monoisotopic (exact) mass is 409 g/mol. The van der Waals surface area contributed by atoms with E-state index < -0.39 is 17.8 Å². The number of rotatable bonds is 3. The summed E-state index contributed by atoms with van der Waals surface area (Å²) in [5.41, 5.74) is 1.98. The summed E-state index contributed by atoms with van der Waals surface area (Å²) in [4.78, 5) is 18.7. The van der Waals surface area contributed by atoms with Crippen molar-refractivity contribution < 1.29 is 19.7 Å². The van der Waals surface area contributed by atoms with Crippen molar-refractivity contribution in [3.8, 4) is 23.1 Å². The van der Waals surface area contributed by atoms with E-state index in [9.17, 15) is 15.0 Å². The Kier molecular flexibility index (Phi) is 5.65. The molecule has 0 aliphatic carbocycles. The first-order valence-electron chi connectivity index (χ1n) is 10.4. The number of benzene rings is 1. The molecule has 1 aromatic carbocycles. The largest absolute Gasteiger partial charge is 0.460 e. The van der Waals surface area contributed by atoms with Crippen LogP contribution in [0.25, 0.3) is 11.3 Å². The predicted octanol–water partition coefficient (Wildman–Crippen LogP) is 1.80. The molecule has 30 heavy (non-hydrogen) atoms. The van der Waals surface area contributed by atoms with Crippen molar-refractivity contribution in [1.29, 1.82) is 0 Å². The van der Waals surface area contributed by atoms with Crippen LogP contribution in [0, 0.1) is 11.8 Å². The molecule has 0 bridgehead atoms. The second-order valence-electron chi connectivity index (χ2n) is 7.92. The van der Waals surface area contributed by atoms with E-state index in [0.29, 0.717) is 25.4 Å². The van der Waals surface area contributed by atoms with E-state index in [4.69, 9.17) is 4.74 Å². The summed E-state index contributed by atoms with van der Waals surface area (Å²) in [5, 5.41) is 20.8. The number of hydrogen-bond acceptors (Lipinski definition) is 6. The van der Waals surface area contributed by atoms with Gasteiger partial charge in [-0.3, -0.25) is 4.90 Å². The second kappa shape index (κ2) is 8.23. The van der Waals surface area contributed by atoms with Gasteiger partial charge < -0.3 is 19.5 Å². The minimum Gasteiger partial charge on any atom is -0.460 e. The average Bonchev–Trinajstić information content (AvgIpc) is 3.27. The van der Waals surface area contributed by atoms with Crippen LogP contribution >= 0.6 is 0 Å². The molecular formula is C23H27N3O4. The van der Waals surface area contributed by atoms with Crippen LogP contribution in [0.3, 0.4) is 0 Å². The normalized spacial score (nSPS) is 23.5. The zero-order chi connectivity index (χ0) is 21.3. The number of nitrogens with zero attached hydrogens (tertiary/aromatic N) is 3. The summed E-state index contributed by atoms with van der Waals surface area (Å²) < 4.78 is 7.17. The van der Waals surface area contributed by atoms with Crippen LogP contribution in [0.15, 0.2) is 24.3 Å². The van der Waals surface area contributed by atoms with Crippen molar-refractivity contribution in [2.24, 2.45) is 0 Å². The number of likely N-dealkylation sites (N-methyl/N-ethyl adjacent to an activating group) is 1. The molecule has 7 nitrogen and oxygen atoms in total. The summed E-state index contributed by atoms with van der Waals surface area (Å²) >= 11 is 0. The van der Waals surface area contributed by atoms with Crippen molar-refractivity contribution >= 4 is 5.97 Å². The van der Waals surface area contributed by atoms with E-state index in [-0.39, 0.29) is 0 Å². The van der Waals surface area contributed by atoms with Gasteiger partial charge in [-0.05, 0) is 45.4 Å². The van der Waals surface area contributed by atoms with Gasteiger partial charge in [0.15, 0.2) is 5.60 Å². The Balaban J connectivity index is 1.69. The number of carbonyl (C=O) groups is 1. The first-order chi connectivity index (χ1) is 14.4. The van der Waals surface area contributed by atoms with Gasteiger partial charge in [0, 0.05) is 36.3 Å². The zero-order valence-electron chi connectivity index (χ0n) is 17.4. The van der Waals surface area contributed by atoms with Gasteiger partial charge in [-0.25, -0.2) is 9.78 Å². The molecule has 2 N–H and O–H groups in total. The Bertz CT molecular complexity index is 1020. The lowest BCUT2D eigenvalue weighted by Crippen LogP contribution is -2.42. The fraction of sp³-hybridized carbons (Fsp3) is 0.478. The summed E-state index contributed by atoms with van der Waals surface area (Å²) in [7, 11) is 1.76. The van der Waals surface area contributed by atoms with Crippen LogP contribution in [0.5, 0.6) is 0 Å². The maximum absolute atomic E-state index is 12.4. The molecule has 0 radical (unpaired) electrons. The Morgan fingerprint density at radius 1 is 1.37 bits per heavy atom. The molecule has 2 atom stereocenters. The fourth-order valence-electron chi connectivity index (χ4n) is 4.14. The molecule has 0 spiro atoms. The van der Waals surface area contributed by atoms with E-state index in [1.165, 1.54) is 0 Å². The Morgan fingerprint density at radius 2 is 2.20 bits per heavy atom. The third kappa shape index (κ3) is 3.74. The zero-order valence-corrected chi connectivity index (χ0v) is 17.4.